The van der Waals surface area contributed by atoms with Crippen molar-refractivity contribution in [3.8, 4) is 11.1 Å². The molecule has 26 heavy (non-hydrogen) atoms. The average molecular weight is 336 g/mol. The van der Waals surface area contributed by atoms with Crippen molar-refractivity contribution in [3.63, 3.8) is 0 Å². The van der Waals surface area contributed by atoms with Gasteiger partial charge in [-0.1, -0.05) is 54.6 Å². The minimum Gasteiger partial charge on any atom is -0.232 e. The molecule has 2 heterocycles. The van der Waals surface area contributed by atoms with Crippen molar-refractivity contribution in [1.29, 1.82) is 0 Å². The lowest BCUT2D eigenvalue weighted by Gasteiger charge is -2.15. The van der Waals surface area contributed by atoms with E-state index in [1.54, 1.807) is 0 Å². The van der Waals surface area contributed by atoms with E-state index in [-0.39, 0.29) is 0 Å². The van der Waals surface area contributed by atoms with Crippen LogP contribution in [-0.2, 0) is 0 Å². The molecule has 0 bridgehead atoms. The van der Waals surface area contributed by atoms with Crippen LogP contribution in [0.3, 0.4) is 0 Å². The minimum atomic E-state index is 1.04. The van der Waals surface area contributed by atoms with Gasteiger partial charge in [0.2, 0.25) is 0 Å². The van der Waals surface area contributed by atoms with Gasteiger partial charge in [-0.25, -0.2) is 4.52 Å². The number of benzene rings is 3. The van der Waals surface area contributed by atoms with Gasteiger partial charge in [0.25, 0.3) is 0 Å². The van der Waals surface area contributed by atoms with Gasteiger partial charge < -0.3 is 0 Å². The van der Waals surface area contributed by atoms with E-state index >= 15 is 0 Å². The van der Waals surface area contributed by atoms with Gasteiger partial charge in [0, 0.05) is 10.8 Å². The van der Waals surface area contributed by atoms with Gasteiger partial charge in [-0.2, -0.15) is 5.10 Å². The van der Waals surface area contributed by atoms with E-state index in [9.17, 15) is 0 Å². The predicted octanol–water partition coefficient (Wildman–Crippen LogP) is 6.23. The fraction of sp³-hybridized carbons (Fsp3) is 0.125. The quantitative estimate of drug-likeness (QED) is 0.332. The maximum absolute atomic E-state index is 4.78. The first-order valence-electron chi connectivity index (χ1n) is 9.01. The molecule has 3 aromatic carbocycles. The van der Waals surface area contributed by atoms with Crippen LogP contribution in [0.5, 0.6) is 0 Å². The lowest BCUT2D eigenvalue weighted by molar-refractivity contribution is 0.975. The Bertz CT molecular complexity index is 1310. The van der Waals surface area contributed by atoms with Crippen molar-refractivity contribution >= 4 is 27.2 Å². The SMILES string of the molecule is Cc1cc2c3ccccc3c3c(-c4cccc(C)c4C)cccc3n2n1. The molecular weight excluding hydrogens is 316 g/mol. The van der Waals surface area contributed by atoms with Crippen LogP contribution in [0.2, 0.25) is 0 Å². The summed E-state index contributed by atoms with van der Waals surface area (Å²) in [6.45, 7) is 6.45. The van der Waals surface area contributed by atoms with Crippen molar-refractivity contribution in [2.24, 2.45) is 0 Å². The molecule has 2 nitrogen and oxygen atoms in total. The molecule has 0 fully saturated rings. The number of hydrogen-bond donors (Lipinski definition) is 0. The van der Waals surface area contributed by atoms with Crippen LogP contribution in [0.15, 0.2) is 66.7 Å². The third-order valence-corrected chi connectivity index (χ3v) is 5.47. The molecule has 0 aliphatic heterocycles. The standard InChI is InChI=1S/C24H20N2/c1-15-8-6-11-18(17(15)3)20-12-7-13-22-24(20)21-10-5-4-9-19(21)23-14-16(2)25-26(22)23/h4-14H,1-3H3. The predicted molar refractivity (Wildman–Crippen MR) is 110 cm³/mol. The molecule has 0 saturated heterocycles. The zero-order valence-corrected chi connectivity index (χ0v) is 15.2. The van der Waals surface area contributed by atoms with Crippen LogP contribution in [0.25, 0.3) is 38.3 Å². The first-order chi connectivity index (χ1) is 12.6. The smallest absolute Gasteiger partial charge is 0.0750 e. The highest BCUT2D eigenvalue weighted by molar-refractivity contribution is 6.17. The Morgan fingerprint density at radius 3 is 2.27 bits per heavy atom. The minimum absolute atomic E-state index is 1.04. The van der Waals surface area contributed by atoms with E-state index in [0.717, 1.165) is 11.2 Å². The Morgan fingerprint density at radius 1 is 0.692 bits per heavy atom. The zero-order valence-electron chi connectivity index (χ0n) is 15.2. The summed E-state index contributed by atoms with van der Waals surface area (Å²) >= 11 is 0. The number of pyridine rings is 1. The summed E-state index contributed by atoms with van der Waals surface area (Å²) in [5.41, 5.74) is 8.59. The summed E-state index contributed by atoms with van der Waals surface area (Å²) in [5.74, 6) is 0. The van der Waals surface area contributed by atoms with Crippen molar-refractivity contribution in [3.05, 3.63) is 83.6 Å². The van der Waals surface area contributed by atoms with Gasteiger partial charge in [-0.05, 0) is 60.5 Å². The number of aryl methyl sites for hydroxylation is 2. The van der Waals surface area contributed by atoms with Crippen molar-refractivity contribution in [1.82, 2.24) is 9.61 Å². The number of aromatic nitrogens is 2. The lowest BCUT2D eigenvalue weighted by atomic mass is 9.92. The summed E-state index contributed by atoms with van der Waals surface area (Å²) in [6, 6.07) is 23.9. The van der Waals surface area contributed by atoms with Gasteiger partial charge >= 0.3 is 0 Å². The molecule has 0 aliphatic rings. The summed E-state index contributed by atoms with van der Waals surface area (Å²) in [5, 5.41) is 8.59. The Hall–Kier alpha value is -3.13. The largest absolute Gasteiger partial charge is 0.232 e. The lowest BCUT2D eigenvalue weighted by Crippen LogP contribution is -1.95. The third-order valence-electron chi connectivity index (χ3n) is 5.47. The van der Waals surface area contributed by atoms with Crippen molar-refractivity contribution < 1.29 is 0 Å². The van der Waals surface area contributed by atoms with E-state index in [1.807, 2.05) is 0 Å². The summed E-state index contributed by atoms with van der Waals surface area (Å²) < 4.78 is 2.10. The molecule has 0 atom stereocenters. The average Bonchev–Trinajstić information content (AvgIpc) is 3.06. The third kappa shape index (κ3) is 2.02. The second-order valence-corrected chi connectivity index (χ2v) is 7.08. The molecule has 2 aromatic heterocycles. The van der Waals surface area contributed by atoms with Gasteiger partial charge in [-0.3, -0.25) is 0 Å². The Kier molecular flexibility index (Phi) is 3.17. The van der Waals surface area contributed by atoms with Crippen LogP contribution in [0.4, 0.5) is 0 Å². The molecule has 5 aromatic rings. The first-order valence-corrected chi connectivity index (χ1v) is 9.01. The number of rotatable bonds is 1. The molecule has 0 spiro atoms. The Morgan fingerprint density at radius 2 is 1.42 bits per heavy atom. The van der Waals surface area contributed by atoms with Crippen molar-refractivity contribution in [2.45, 2.75) is 20.8 Å². The molecule has 126 valence electrons. The van der Waals surface area contributed by atoms with E-state index in [2.05, 4.69) is 92.0 Å². The second-order valence-electron chi connectivity index (χ2n) is 7.08. The topological polar surface area (TPSA) is 17.3 Å². The van der Waals surface area contributed by atoms with Gasteiger partial charge in [0.05, 0.1) is 16.7 Å². The highest BCUT2D eigenvalue weighted by atomic mass is 15.2. The fourth-order valence-electron chi connectivity index (χ4n) is 4.07. The van der Waals surface area contributed by atoms with E-state index < -0.39 is 0 Å². The van der Waals surface area contributed by atoms with Crippen LogP contribution in [0, 0.1) is 20.8 Å². The van der Waals surface area contributed by atoms with E-state index in [4.69, 9.17) is 5.10 Å². The maximum atomic E-state index is 4.78. The molecule has 0 radical (unpaired) electrons. The normalized spacial score (nSPS) is 11.7. The number of nitrogens with zero attached hydrogens (tertiary/aromatic N) is 2. The monoisotopic (exact) mass is 336 g/mol. The fourth-order valence-corrected chi connectivity index (χ4v) is 4.07. The second kappa shape index (κ2) is 5.43. The van der Waals surface area contributed by atoms with Crippen molar-refractivity contribution in [2.75, 3.05) is 0 Å². The number of fused-ring (bicyclic) bond motifs is 6. The zero-order chi connectivity index (χ0) is 17.8. The van der Waals surface area contributed by atoms with Crippen LogP contribution >= 0.6 is 0 Å². The van der Waals surface area contributed by atoms with Crippen LogP contribution in [-0.4, -0.2) is 9.61 Å². The molecule has 0 amide bonds. The molecule has 0 saturated carbocycles. The molecule has 0 aliphatic carbocycles. The Labute approximate surface area is 152 Å². The highest BCUT2D eigenvalue weighted by Crippen LogP contribution is 2.37. The maximum Gasteiger partial charge on any atom is 0.0750 e. The van der Waals surface area contributed by atoms with Crippen LogP contribution in [0.1, 0.15) is 16.8 Å². The van der Waals surface area contributed by atoms with E-state index in [0.29, 0.717) is 0 Å². The first kappa shape index (κ1) is 15.2. The summed E-state index contributed by atoms with van der Waals surface area (Å²) in [7, 11) is 0. The Balaban J connectivity index is 2.06. The summed E-state index contributed by atoms with van der Waals surface area (Å²) in [6.07, 6.45) is 0. The molecule has 2 heteroatoms. The molecule has 0 N–H and O–H groups in total. The van der Waals surface area contributed by atoms with Crippen LogP contribution < -0.4 is 0 Å². The number of hydrogen-bond acceptors (Lipinski definition) is 1. The van der Waals surface area contributed by atoms with Gasteiger partial charge in [-0.15, -0.1) is 0 Å². The molecule has 0 unspecified atom stereocenters. The van der Waals surface area contributed by atoms with Gasteiger partial charge in [0.15, 0.2) is 0 Å². The summed E-state index contributed by atoms with van der Waals surface area (Å²) in [4.78, 5) is 0. The highest BCUT2D eigenvalue weighted by Gasteiger charge is 2.15. The van der Waals surface area contributed by atoms with Gasteiger partial charge in [0.1, 0.15) is 0 Å². The van der Waals surface area contributed by atoms with E-state index in [1.165, 1.54) is 43.9 Å². The molecular formula is C24H20N2. The molecule has 5 rings (SSSR count).